The van der Waals surface area contributed by atoms with Crippen molar-refractivity contribution in [2.24, 2.45) is 0 Å². The molecule has 0 saturated heterocycles. The van der Waals surface area contributed by atoms with Gasteiger partial charge < -0.3 is 15.7 Å². The molecule has 0 bridgehead atoms. The fourth-order valence-electron chi connectivity index (χ4n) is 2.30. The molecule has 0 fully saturated rings. The summed E-state index contributed by atoms with van der Waals surface area (Å²) in [5.41, 5.74) is 1.45. The number of rotatable bonds is 8. The minimum atomic E-state index is -1.23. The second kappa shape index (κ2) is 9.94. The van der Waals surface area contributed by atoms with E-state index < -0.39 is 17.9 Å². The van der Waals surface area contributed by atoms with E-state index in [1.165, 1.54) is 0 Å². The number of carboxylic acid groups (broad SMARTS) is 1. The van der Waals surface area contributed by atoms with E-state index in [0.717, 1.165) is 5.56 Å². The number of amides is 2. The lowest BCUT2D eigenvalue weighted by Crippen LogP contribution is -2.49. The lowest BCUT2D eigenvalue weighted by molar-refractivity contribution is -0.141. The summed E-state index contributed by atoms with van der Waals surface area (Å²) in [6.07, 6.45) is 0.0991. The summed E-state index contributed by atoms with van der Waals surface area (Å²) in [5, 5.41) is 15.3. The van der Waals surface area contributed by atoms with Crippen molar-refractivity contribution in [3.8, 4) is 0 Å². The third-order valence-electron chi connectivity index (χ3n) is 3.69. The molecule has 0 heterocycles. The highest BCUT2D eigenvalue weighted by molar-refractivity contribution is 6.30. The van der Waals surface area contributed by atoms with Crippen molar-refractivity contribution >= 4 is 41.0 Å². The van der Waals surface area contributed by atoms with Gasteiger partial charge in [-0.2, -0.15) is 0 Å². The molecule has 0 radical (unpaired) electrons. The van der Waals surface area contributed by atoms with Gasteiger partial charge in [0.15, 0.2) is 0 Å². The Bertz CT molecular complexity index is 807. The molecule has 3 N–H and O–H groups in total. The number of hydrogen-bond donors (Lipinski definition) is 3. The van der Waals surface area contributed by atoms with Crippen molar-refractivity contribution in [2.45, 2.75) is 18.9 Å². The predicted molar refractivity (Wildman–Crippen MR) is 103 cm³/mol. The first-order valence-corrected chi connectivity index (χ1v) is 8.87. The number of carbonyl (C=O) groups is 3. The molecule has 0 aliphatic carbocycles. The molecule has 2 aromatic carbocycles. The Balaban J connectivity index is 1.84. The van der Waals surface area contributed by atoms with E-state index in [2.05, 4.69) is 10.6 Å². The van der Waals surface area contributed by atoms with Crippen LogP contribution in [0.4, 0.5) is 0 Å². The average molecular weight is 409 g/mol. The maximum atomic E-state index is 12.0. The topological polar surface area (TPSA) is 95.5 Å². The Hall–Kier alpha value is -2.57. The van der Waals surface area contributed by atoms with Gasteiger partial charge in [0, 0.05) is 16.6 Å². The van der Waals surface area contributed by atoms with Gasteiger partial charge in [0.25, 0.3) is 0 Å². The normalized spacial score (nSPS) is 11.5. The van der Waals surface area contributed by atoms with Crippen LogP contribution in [0.15, 0.2) is 48.5 Å². The van der Waals surface area contributed by atoms with Gasteiger partial charge in [-0.3, -0.25) is 9.59 Å². The zero-order valence-electron chi connectivity index (χ0n) is 14.2. The third kappa shape index (κ3) is 7.29. The number of halogens is 2. The van der Waals surface area contributed by atoms with Gasteiger partial charge in [0.1, 0.15) is 6.04 Å². The van der Waals surface area contributed by atoms with Gasteiger partial charge in [0.2, 0.25) is 11.8 Å². The van der Waals surface area contributed by atoms with Gasteiger partial charge >= 0.3 is 5.97 Å². The average Bonchev–Trinajstić information content (AvgIpc) is 2.62. The Morgan fingerprint density at radius 1 is 0.815 bits per heavy atom. The summed E-state index contributed by atoms with van der Waals surface area (Å²) in [7, 11) is 0. The highest BCUT2D eigenvalue weighted by Crippen LogP contribution is 2.10. The Labute approximate surface area is 166 Å². The molecule has 142 valence electrons. The molecule has 2 rings (SSSR count). The van der Waals surface area contributed by atoms with Gasteiger partial charge in [-0.25, -0.2) is 4.79 Å². The minimum Gasteiger partial charge on any atom is -0.480 e. The summed E-state index contributed by atoms with van der Waals surface area (Å²) in [6.45, 7) is -0.214. The first kappa shape index (κ1) is 20.7. The Morgan fingerprint density at radius 2 is 1.26 bits per heavy atom. The Morgan fingerprint density at radius 3 is 1.70 bits per heavy atom. The fraction of sp³-hybridized carbons (Fsp3) is 0.211. The van der Waals surface area contributed by atoms with Crippen LogP contribution in [0, 0.1) is 0 Å². The van der Waals surface area contributed by atoms with Crippen LogP contribution in [0.5, 0.6) is 0 Å². The zero-order chi connectivity index (χ0) is 19.8. The smallest absolute Gasteiger partial charge is 0.328 e. The standard InChI is InChI=1S/C19H18Cl2N2O4/c20-14-5-1-12(2-6-14)9-17(24)22-11-16(19(26)27)23-18(25)10-13-3-7-15(21)8-4-13/h1-8,16H,9-11H2,(H,22,24)(H,23,25)(H,26,27)/t16-/m0/s1. The molecule has 27 heavy (non-hydrogen) atoms. The van der Waals surface area contributed by atoms with E-state index in [4.69, 9.17) is 23.2 Å². The zero-order valence-corrected chi connectivity index (χ0v) is 15.8. The minimum absolute atomic E-state index is 0.0136. The Kier molecular flexibility index (Phi) is 7.64. The van der Waals surface area contributed by atoms with Crippen LogP contribution in [-0.4, -0.2) is 35.5 Å². The van der Waals surface area contributed by atoms with Crippen LogP contribution in [-0.2, 0) is 27.2 Å². The van der Waals surface area contributed by atoms with Gasteiger partial charge in [-0.05, 0) is 35.4 Å². The number of hydrogen-bond acceptors (Lipinski definition) is 3. The molecule has 2 aromatic rings. The summed E-state index contributed by atoms with van der Waals surface area (Å²) >= 11 is 11.6. The van der Waals surface area contributed by atoms with Crippen molar-refractivity contribution in [1.82, 2.24) is 10.6 Å². The highest BCUT2D eigenvalue weighted by atomic mass is 35.5. The predicted octanol–water partition coefficient (Wildman–Crippen LogP) is 2.46. The molecule has 6 nitrogen and oxygen atoms in total. The molecule has 0 saturated carbocycles. The molecule has 2 amide bonds. The molecule has 0 aliphatic rings. The van der Waals surface area contributed by atoms with Crippen LogP contribution < -0.4 is 10.6 Å². The molecule has 1 atom stereocenters. The molecule has 0 aromatic heterocycles. The largest absolute Gasteiger partial charge is 0.480 e. The second-order valence-electron chi connectivity index (χ2n) is 5.87. The first-order valence-electron chi connectivity index (χ1n) is 8.11. The van der Waals surface area contributed by atoms with E-state index in [9.17, 15) is 19.5 Å². The summed E-state index contributed by atoms with van der Waals surface area (Å²) in [4.78, 5) is 35.4. The van der Waals surface area contributed by atoms with Crippen LogP contribution in [0.2, 0.25) is 10.0 Å². The second-order valence-corrected chi connectivity index (χ2v) is 6.74. The van der Waals surface area contributed by atoms with E-state index >= 15 is 0 Å². The number of carbonyl (C=O) groups excluding carboxylic acids is 2. The first-order chi connectivity index (χ1) is 12.8. The van der Waals surface area contributed by atoms with Crippen molar-refractivity contribution in [2.75, 3.05) is 6.54 Å². The van der Waals surface area contributed by atoms with E-state index in [1.807, 2.05) is 0 Å². The van der Waals surface area contributed by atoms with Crippen molar-refractivity contribution in [3.05, 3.63) is 69.7 Å². The van der Waals surface area contributed by atoms with E-state index in [0.29, 0.717) is 15.6 Å². The molecule has 0 aliphatic heterocycles. The van der Waals surface area contributed by atoms with Crippen molar-refractivity contribution in [1.29, 1.82) is 0 Å². The highest BCUT2D eigenvalue weighted by Gasteiger charge is 2.20. The SMILES string of the molecule is O=C(Cc1ccc(Cl)cc1)NC[C@H](NC(=O)Cc1ccc(Cl)cc1)C(=O)O. The lowest BCUT2D eigenvalue weighted by Gasteiger charge is -2.15. The molecular weight excluding hydrogens is 391 g/mol. The van der Waals surface area contributed by atoms with Gasteiger partial charge in [0.05, 0.1) is 12.8 Å². The fourth-order valence-corrected chi connectivity index (χ4v) is 2.55. The van der Waals surface area contributed by atoms with Crippen LogP contribution in [0.1, 0.15) is 11.1 Å². The van der Waals surface area contributed by atoms with E-state index in [1.54, 1.807) is 48.5 Å². The monoisotopic (exact) mass is 408 g/mol. The number of benzene rings is 2. The number of aliphatic carboxylic acids is 1. The number of carboxylic acids is 1. The molecule has 0 spiro atoms. The molecular formula is C19H18Cl2N2O4. The summed E-state index contributed by atoms with van der Waals surface area (Å²) < 4.78 is 0. The van der Waals surface area contributed by atoms with Gasteiger partial charge in [-0.15, -0.1) is 0 Å². The van der Waals surface area contributed by atoms with Crippen molar-refractivity contribution in [3.63, 3.8) is 0 Å². The molecule has 0 unspecified atom stereocenters. The van der Waals surface area contributed by atoms with Gasteiger partial charge in [-0.1, -0.05) is 47.5 Å². The van der Waals surface area contributed by atoms with E-state index in [-0.39, 0.29) is 25.3 Å². The van der Waals surface area contributed by atoms with Crippen molar-refractivity contribution < 1.29 is 19.5 Å². The number of nitrogens with one attached hydrogen (secondary N) is 2. The van der Waals surface area contributed by atoms with Crippen LogP contribution in [0.3, 0.4) is 0 Å². The van der Waals surface area contributed by atoms with Crippen LogP contribution in [0.25, 0.3) is 0 Å². The van der Waals surface area contributed by atoms with Crippen LogP contribution >= 0.6 is 23.2 Å². The maximum Gasteiger partial charge on any atom is 0.328 e. The summed E-state index contributed by atoms with van der Waals surface area (Å²) in [5.74, 6) is -2.04. The lowest BCUT2D eigenvalue weighted by atomic mass is 10.1. The quantitative estimate of drug-likeness (QED) is 0.624. The molecule has 8 heteroatoms. The summed E-state index contributed by atoms with van der Waals surface area (Å²) in [6, 6.07) is 12.2. The third-order valence-corrected chi connectivity index (χ3v) is 4.20. The maximum absolute atomic E-state index is 12.0.